The Balaban J connectivity index is 2.52. The zero-order valence-corrected chi connectivity index (χ0v) is 14.1. The molecule has 26 heavy (non-hydrogen) atoms. The monoisotopic (exact) mass is 380 g/mol. The second-order valence-corrected chi connectivity index (χ2v) is 6.77. The molecule has 10 heteroatoms. The lowest BCUT2D eigenvalue weighted by Gasteiger charge is -2.38. The first-order chi connectivity index (χ1) is 11.7. The predicted octanol–water partition coefficient (Wildman–Crippen LogP) is 3.92. The molecule has 0 aliphatic carbocycles. The number of aliphatic hydroxyl groups is 1. The first-order valence-corrected chi connectivity index (χ1v) is 7.52. The molecule has 1 aliphatic rings. The Bertz CT molecular complexity index is 713. The van der Waals surface area contributed by atoms with Crippen LogP contribution >= 0.6 is 0 Å². The van der Waals surface area contributed by atoms with Crippen molar-refractivity contribution in [2.75, 3.05) is 0 Å². The second-order valence-electron chi connectivity index (χ2n) is 6.77. The van der Waals surface area contributed by atoms with Gasteiger partial charge in [-0.25, -0.2) is 4.79 Å². The van der Waals surface area contributed by atoms with Crippen LogP contribution in [-0.2, 0) is 4.74 Å². The van der Waals surface area contributed by atoms with Gasteiger partial charge in [-0.1, -0.05) is 30.3 Å². The van der Waals surface area contributed by atoms with E-state index in [0.29, 0.717) is 0 Å². The van der Waals surface area contributed by atoms with Gasteiger partial charge in [0.25, 0.3) is 0 Å². The van der Waals surface area contributed by atoms with Crippen LogP contribution in [0.4, 0.5) is 26.7 Å². The summed E-state index contributed by atoms with van der Waals surface area (Å²) in [6.45, 7) is 4.18. The highest BCUT2D eigenvalue weighted by Crippen LogP contribution is 2.49. The number of rotatable bonds is 2. The summed E-state index contributed by atoms with van der Waals surface area (Å²) in [5.41, 5.74) is -5.26. The second kappa shape index (κ2) is 6.19. The molecule has 1 atom stereocenters. The predicted molar refractivity (Wildman–Crippen MR) is 81.6 cm³/mol. The van der Waals surface area contributed by atoms with E-state index in [9.17, 15) is 31.9 Å². The van der Waals surface area contributed by atoms with Crippen molar-refractivity contribution in [3.05, 3.63) is 35.9 Å². The minimum absolute atomic E-state index is 0.190. The van der Waals surface area contributed by atoms with Crippen LogP contribution in [0, 0.1) is 0 Å². The minimum Gasteiger partial charge on any atom is -0.442 e. The van der Waals surface area contributed by atoms with Gasteiger partial charge in [0.05, 0.1) is 5.71 Å². The molecule has 0 aromatic heterocycles. The average Bonchev–Trinajstić information content (AvgIpc) is 2.85. The summed E-state index contributed by atoms with van der Waals surface area (Å²) in [7, 11) is 0. The highest BCUT2D eigenvalue weighted by Gasteiger charge is 2.75. The van der Waals surface area contributed by atoms with E-state index >= 15 is 0 Å². The SMILES string of the molecule is CC(C)(C)OC(=O)N1N=C(c2ccccc2)C[C@@]1(O)C(F)(F)C(F)(F)F. The van der Waals surface area contributed by atoms with Gasteiger partial charge in [-0.2, -0.15) is 32.1 Å². The number of halogens is 5. The topological polar surface area (TPSA) is 62.1 Å². The third-order valence-corrected chi connectivity index (χ3v) is 3.52. The molecule has 1 amide bonds. The molecule has 0 fully saturated rings. The van der Waals surface area contributed by atoms with Gasteiger partial charge >= 0.3 is 18.2 Å². The van der Waals surface area contributed by atoms with E-state index in [2.05, 4.69) is 5.10 Å². The van der Waals surface area contributed by atoms with E-state index < -0.39 is 35.9 Å². The third-order valence-electron chi connectivity index (χ3n) is 3.52. The van der Waals surface area contributed by atoms with Gasteiger partial charge in [0.2, 0.25) is 5.72 Å². The zero-order valence-electron chi connectivity index (χ0n) is 14.1. The molecule has 0 radical (unpaired) electrons. The molecule has 1 aromatic carbocycles. The summed E-state index contributed by atoms with van der Waals surface area (Å²) in [6.07, 6.45) is -8.94. The molecule has 0 saturated heterocycles. The van der Waals surface area contributed by atoms with E-state index in [1.807, 2.05) is 0 Å². The average molecular weight is 380 g/mol. The van der Waals surface area contributed by atoms with Gasteiger partial charge in [-0.05, 0) is 26.3 Å². The molecule has 2 rings (SSSR count). The lowest BCUT2D eigenvalue weighted by atomic mass is 9.95. The first-order valence-electron chi connectivity index (χ1n) is 7.52. The van der Waals surface area contributed by atoms with Crippen LogP contribution < -0.4 is 0 Å². The van der Waals surface area contributed by atoms with Crippen molar-refractivity contribution < 1.29 is 36.6 Å². The Labute approximate surface area is 146 Å². The number of alkyl halides is 5. The van der Waals surface area contributed by atoms with E-state index in [1.54, 1.807) is 6.07 Å². The maximum absolute atomic E-state index is 14.1. The van der Waals surface area contributed by atoms with E-state index in [-0.39, 0.29) is 16.3 Å². The summed E-state index contributed by atoms with van der Waals surface area (Å²) in [6, 6.07) is 7.43. The molecule has 0 spiro atoms. The maximum atomic E-state index is 14.1. The molecular weight excluding hydrogens is 363 g/mol. The lowest BCUT2D eigenvalue weighted by Crippen LogP contribution is -2.64. The normalized spacial score (nSPS) is 21.6. The number of benzene rings is 1. The molecule has 144 valence electrons. The molecule has 0 bridgehead atoms. The minimum atomic E-state index is -6.11. The highest BCUT2D eigenvalue weighted by molar-refractivity contribution is 6.03. The molecule has 5 nitrogen and oxygen atoms in total. The van der Waals surface area contributed by atoms with Crippen LogP contribution in [0.2, 0.25) is 0 Å². The van der Waals surface area contributed by atoms with Crippen LogP contribution in [0.5, 0.6) is 0 Å². The summed E-state index contributed by atoms with van der Waals surface area (Å²) in [5, 5.41) is 13.4. The van der Waals surface area contributed by atoms with Crippen molar-refractivity contribution in [2.45, 2.75) is 50.6 Å². The highest BCUT2D eigenvalue weighted by atomic mass is 19.4. The summed E-state index contributed by atoms with van der Waals surface area (Å²) >= 11 is 0. The molecule has 1 N–H and O–H groups in total. The molecular formula is C16H17F5N2O3. The molecule has 0 saturated carbocycles. The Kier molecular flexibility index (Phi) is 4.78. The largest absolute Gasteiger partial charge is 0.458 e. The van der Waals surface area contributed by atoms with Gasteiger partial charge in [-0.15, -0.1) is 0 Å². The lowest BCUT2D eigenvalue weighted by molar-refractivity contribution is -0.363. The Hall–Kier alpha value is -2.23. The summed E-state index contributed by atoms with van der Waals surface area (Å²) in [5.74, 6) is -5.64. The maximum Gasteiger partial charge on any atom is 0.458 e. The third kappa shape index (κ3) is 3.50. The van der Waals surface area contributed by atoms with E-state index in [0.717, 1.165) is 0 Å². The van der Waals surface area contributed by atoms with Crippen molar-refractivity contribution in [2.24, 2.45) is 5.10 Å². The number of carbonyl (C=O) groups excluding carboxylic acids is 1. The number of ether oxygens (including phenoxy) is 1. The fraction of sp³-hybridized carbons (Fsp3) is 0.500. The molecule has 1 heterocycles. The van der Waals surface area contributed by atoms with Crippen molar-refractivity contribution in [3.63, 3.8) is 0 Å². The van der Waals surface area contributed by atoms with Crippen molar-refractivity contribution in [1.82, 2.24) is 5.01 Å². The number of amides is 1. The Morgan fingerprint density at radius 1 is 1.15 bits per heavy atom. The molecule has 1 aromatic rings. The van der Waals surface area contributed by atoms with Crippen LogP contribution in [-0.4, -0.2) is 45.3 Å². The fourth-order valence-corrected chi connectivity index (χ4v) is 2.31. The van der Waals surface area contributed by atoms with Crippen LogP contribution in [0.3, 0.4) is 0 Å². The van der Waals surface area contributed by atoms with Gasteiger partial charge in [0.1, 0.15) is 5.60 Å². The number of hydrogen-bond donors (Lipinski definition) is 1. The van der Waals surface area contributed by atoms with Gasteiger partial charge in [0, 0.05) is 6.42 Å². The van der Waals surface area contributed by atoms with E-state index in [4.69, 9.17) is 4.74 Å². The number of hydrogen-bond acceptors (Lipinski definition) is 4. The van der Waals surface area contributed by atoms with Gasteiger partial charge in [0.15, 0.2) is 0 Å². The molecule has 0 unspecified atom stereocenters. The van der Waals surface area contributed by atoms with Crippen molar-refractivity contribution in [3.8, 4) is 0 Å². The Morgan fingerprint density at radius 2 is 1.69 bits per heavy atom. The van der Waals surface area contributed by atoms with Crippen LogP contribution in [0.15, 0.2) is 35.4 Å². The zero-order chi connectivity index (χ0) is 20.0. The Morgan fingerprint density at radius 3 is 2.15 bits per heavy atom. The smallest absolute Gasteiger partial charge is 0.442 e. The van der Waals surface area contributed by atoms with Crippen LogP contribution in [0.25, 0.3) is 0 Å². The van der Waals surface area contributed by atoms with Crippen molar-refractivity contribution in [1.29, 1.82) is 0 Å². The standard InChI is InChI=1S/C16H17F5N2O3/c1-13(2,3)26-12(24)23-14(25,15(17,18)16(19,20)21)9-11(22-23)10-7-5-4-6-8-10/h4-8,25H,9H2,1-3H3/t14-/m1/s1. The number of carbonyl (C=O) groups is 1. The van der Waals surface area contributed by atoms with Gasteiger partial charge in [-0.3, -0.25) is 0 Å². The fourth-order valence-electron chi connectivity index (χ4n) is 2.31. The van der Waals surface area contributed by atoms with Gasteiger partial charge < -0.3 is 9.84 Å². The first kappa shape index (κ1) is 20.1. The van der Waals surface area contributed by atoms with Crippen molar-refractivity contribution >= 4 is 11.8 Å². The quantitative estimate of drug-likeness (QED) is 0.792. The van der Waals surface area contributed by atoms with Crippen LogP contribution in [0.1, 0.15) is 32.8 Å². The number of nitrogens with zero attached hydrogens (tertiary/aromatic N) is 2. The number of hydrazone groups is 1. The van der Waals surface area contributed by atoms with E-state index in [1.165, 1.54) is 45.0 Å². The summed E-state index contributed by atoms with van der Waals surface area (Å²) < 4.78 is 71.6. The molecule has 1 aliphatic heterocycles. The summed E-state index contributed by atoms with van der Waals surface area (Å²) in [4.78, 5) is 12.2.